The summed E-state index contributed by atoms with van der Waals surface area (Å²) in [7, 11) is 0. The molecule has 0 aliphatic carbocycles. The van der Waals surface area contributed by atoms with Gasteiger partial charge in [0.2, 0.25) is 0 Å². The third kappa shape index (κ3) is 3.54. The van der Waals surface area contributed by atoms with Gasteiger partial charge in [-0.3, -0.25) is 14.6 Å². The molecule has 0 spiro atoms. The van der Waals surface area contributed by atoms with E-state index in [1.54, 1.807) is 24.3 Å². The van der Waals surface area contributed by atoms with Crippen LogP contribution >= 0.6 is 0 Å². The van der Waals surface area contributed by atoms with E-state index in [2.05, 4.69) is 4.98 Å². The number of amides is 1. The SMILES string of the molecule is O=C(O)C1CN(C(=O)c2ccc(C(F)(F)F)cn2)CC1c1ccccc1. The predicted octanol–water partition coefficient (Wildman–Crippen LogP) is 3.04. The lowest BCUT2D eigenvalue weighted by molar-refractivity contribution is -0.141. The van der Waals surface area contributed by atoms with Crippen molar-refractivity contribution in [1.29, 1.82) is 0 Å². The summed E-state index contributed by atoms with van der Waals surface area (Å²) in [5.74, 6) is -2.76. The Labute approximate surface area is 147 Å². The van der Waals surface area contributed by atoms with E-state index >= 15 is 0 Å². The van der Waals surface area contributed by atoms with Crippen molar-refractivity contribution in [2.24, 2.45) is 5.92 Å². The highest BCUT2D eigenvalue weighted by Crippen LogP contribution is 2.34. The van der Waals surface area contributed by atoms with Gasteiger partial charge in [0.25, 0.3) is 5.91 Å². The number of nitrogens with zero attached hydrogens (tertiary/aromatic N) is 2. The number of carbonyl (C=O) groups is 2. The molecule has 2 aromatic rings. The Morgan fingerprint density at radius 2 is 1.77 bits per heavy atom. The van der Waals surface area contributed by atoms with Crippen molar-refractivity contribution < 1.29 is 27.9 Å². The number of carbonyl (C=O) groups excluding carboxylic acids is 1. The zero-order chi connectivity index (χ0) is 18.9. The second kappa shape index (κ2) is 6.78. The summed E-state index contributed by atoms with van der Waals surface area (Å²) in [6.07, 6.45) is -3.93. The highest BCUT2D eigenvalue weighted by atomic mass is 19.4. The summed E-state index contributed by atoms with van der Waals surface area (Å²) < 4.78 is 37.8. The van der Waals surface area contributed by atoms with Crippen molar-refractivity contribution in [3.63, 3.8) is 0 Å². The van der Waals surface area contributed by atoms with Crippen LogP contribution in [-0.2, 0) is 11.0 Å². The number of hydrogen-bond donors (Lipinski definition) is 1. The molecule has 1 aliphatic heterocycles. The van der Waals surface area contributed by atoms with Crippen LogP contribution in [0.2, 0.25) is 0 Å². The predicted molar refractivity (Wildman–Crippen MR) is 85.5 cm³/mol. The highest BCUT2D eigenvalue weighted by molar-refractivity contribution is 5.93. The van der Waals surface area contributed by atoms with Crippen LogP contribution in [0, 0.1) is 5.92 Å². The minimum atomic E-state index is -4.53. The number of carboxylic acid groups (broad SMARTS) is 1. The zero-order valence-corrected chi connectivity index (χ0v) is 13.5. The summed E-state index contributed by atoms with van der Waals surface area (Å²) in [4.78, 5) is 29.0. The van der Waals surface area contributed by atoms with Crippen molar-refractivity contribution in [3.05, 3.63) is 65.5 Å². The van der Waals surface area contributed by atoms with Gasteiger partial charge in [-0.1, -0.05) is 30.3 Å². The first kappa shape index (κ1) is 17.9. The maximum Gasteiger partial charge on any atom is 0.417 e. The third-order valence-electron chi connectivity index (χ3n) is 4.46. The van der Waals surface area contributed by atoms with Crippen LogP contribution in [0.1, 0.15) is 27.5 Å². The summed E-state index contributed by atoms with van der Waals surface area (Å²) in [5, 5.41) is 9.46. The minimum absolute atomic E-state index is 0.0174. The van der Waals surface area contributed by atoms with Gasteiger partial charge in [0.05, 0.1) is 11.5 Å². The van der Waals surface area contributed by atoms with E-state index in [4.69, 9.17) is 0 Å². The number of carboxylic acids is 1. The number of benzene rings is 1. The number of hydrogen-bond acceptors (Lipinski definition) is 3. The van der Waals surface area contributed by atoms with Crippen LogP contribution in [0.25, 0.3) is 0 Å². The van der Waals surface area contributed by atoms with Crippen molar-refractivity contribution >= 4 is 11.9 Å². The topological polar surface area (TPSA) is 70.5 Å². The average molecular weight is 364 g/mol. The number of rotatable bonds is 3. The molecule has 8 heteroatoms. The molecule has 1 aromatic heterocycles. The monoisotopic (exact) mass is 364 g/mol. The quantitative estimate of drug-likeness (QED) is 0.909. The Kier molecular flexibility index (Phi) is 4.67. The molecule has 2 atom stereocenters. The van der Waals surface area contributed by atoms with E-state index in [0.717, 1.165) is 17.7 Å². The number of aliphatic carboxylic acids is 1. The number of aromatic nitrogens is 1. The van der Waals surface area contributed by atoms with E-state index in [-0.39, 0.29) is 24.7 Å². The van der Waals surface area contributed by atoms with Gasteiger partial charge < -0.3 is 10.0 Å². The van der Waals surface area contributed by atoms with Crippen LogP contribution in [0.4, 0.5) is 13.2 Å². The highest BCUT2D eigenvalue weighted by Gasteiger charge is 2.41. The molecule has 0 radical (unpaired) electrons. The molecule has 1 fully saturated rings. The van der Waals surface area contributed by atoms with Crippen molar-refractivity contribution in [2.75, 3.05) is 13.1 Å². The number of alkyl halides is 3. The van der Waals surface area contributed by atoms with Crippen LogP contribution in [0.5, 0.6) is 0 Å². The second-order valence-corrected chi connectivity index (χ2v) is 6.10. The van der Waals surface area contributed by atoms with Gasteiger partial charge >= 0.3 is 12.1 Å². The van der Waals surface area contributed by atoms with Gasteiger partial charge in [0, 0.05) is 25.2 Å². The lowest BCUT2D eigenvalue weighted by Gasteiger charge is -2.16. The summed E-state index contributed by atoms with van der Waals surface area (Å²) in [6, 6.07) is 10.8. The molecule has 26 heavy (non-hydrogen) atoms. The van der Waals surface area contributed by atoms with Gasteiger partial charge in [-0.05, 0) is 17.7 Å². The molecular formula is C18H15F3N2O3. The van der Waals surface area contributed by atoms with Crippen LogP contribution in [0.15, 0.2) is 48.7 Å². The first-order chi connectivity index (χ1) is 12.3. The lowest BCUT2D eigenvalue weighted by atomic mass is 9.89. The van der Waals surface area contributed by atoms with E-state index in [1.165, 1.54) is 4.90 Å². The fraction of sp³-hybridized carbons (Fsp3) is 0.278. The molecule has 5 nitrogen and oxygen atoms in total. The van der Waals surface area contributed by atoms with E-state index in [1.807, 2.05) is 6.07 Å². The largest absolute Gasteiger partial charge is 0.481 e. The van der Waals surface area contributed by atoms with E-state index < -0.39 is 29.5 Å². The third-order valence-corrected chi connectivity index (χ3v) is 4.46. The maximum atomic E-state index is 12.6. The summed E-state index contributed by atoms with van der Waals surface area (Å²) in [5.41, 5.74) is -0.285. The lowest BCUT2D eigenvalue weighted by Crippen LogP contribution is -2.30. The van der Waals surface area contributed by atoms with Crippen molar-refractivity contribution in [2.45, 2.75) is 12.1 Å². The molecule has 2 unspecified atom stereocenters. The summed E-state index contributed by atoms with van der Waals surface area (Å²) >= 11 is 0. The van der Waals surface area contributed by atoms with Gasteiger partial charge in [-0.25, -0.2) is 0 Å². The van der Waals surface area contributed by atoms with E-state index in [0.29, 0.717) is 6.20 Å². The fourth-order valence-corrected chi connectivity index (χ4v) is 3.11. The standard InChI is InChI=1S/C18H15F3N2O3/c19-18(20,21)12-6-7-15(22-8-12)16(24)23-9-13(14(10-23)17(25)26)11-4-2-1-3-5-11/h1-8,13-14H,9-10H2,(H,25,26). The van der Waals surface area contributed by atoms with Crippen LogP contribution in [0.3, 0.4) is 0 Å². The fourth-order valence-electron chi connectivity index (χ4n) is 3.11. The molecule has 1 aliphatic rings. The molecule has 1 amide bonds. The molecule has 3 rings (SSSR count). The Morgan fingerprint density at radius 1 is 1.08 bits per heavy atom. The van der Waals surface area contributed by atoms with Gasteiger partial charge in [0.15, 0.2) is 0 Å². The van der Waals surface area contributed by atoms with Gasteiger partial charge in [0.1, 0.15) is 5.69 Å². The Hall–Kier alpha value is -2.90. The first-order valence-corrected chi connectivity index (χ1v) is 7.87. The van der Waals surface area contributed by atoms with Crippen LogP contribution in [-0.4, -0.2) is 40.0 Å². The van der Waals surface area contributed by atoms with Crippen molar-refractivity contribution in [3.8, 4) is 0 Å². The zero-order valence-electron chi connectivity index (χ0n) is 13.5. The molecule has 0 saturated carbocycles. The Bertz CT molecular complexity index is 807. The molecular weight excluding hydrogens is 349 g/mol. The number of halogens is 3. The molecule has 0 bridgehead atoms. The smallest absolute Gasteiger partial charge is 0.417 e. The Balaban J connectivity index is 1.81. The van der Waals surface area contributed by atoms with Crippen LogP contribution < -0.4 is 0 Å². The minimum Gasteiger partial charge on any atom is -0.481 e. The first-order valence-electron chi connectivity index (χ1n) is 7.87. The van der Waals surface area contributed by atoms with Gasteiger partial charge in [-0.2, -0.15) is 13.2 Å². The van der Waals surface area contributed by atoms with Gasteiger partial charge in [-0.15, -0.1) is 0 Å². The maximum absolute atomic E-state index is 12.6. The molecule has 2 heterocycles. The van der Waals surface area contributed by atoms with Crippen molar-refractivity contribution in [1.82, 2.24) is 9.88 Å². The average Bonchev–Trinajstić information content (AvgIpc) is 3.07. The molecule has 136 valence electrons. The summed E-state index contributed by atoms with van der Waals surface area (Å²) in [6.45, 7) is 0.152. The normalized spacial score (nSPS) is 20.2. The number of pyridine rings is 1. The van der Waals surface area contributed by atoms with E-state index in [9.17, 15) is 27.9 Å². The molecule has 1 N–H and O–H groups in total. The molecule has 1 aromatic carbocycles. The Morgan fingerprint density at radius 3 is 2.31 bits per heavy atom. The molecule has 1 saturated heterocycles. The second-order valence-electron chi connectivity index (χ2n) is 6.10. The number of likely N-dealkylation sites (tertiary alicyclic amines) is 1.